The number of aromatic hydroxyl groups is 1. The molecule has 5 amide bonds. The number of aromatic nitrogens is 3. The molecule has 0 saturated carbocycles. The van der Waals surface area contributed by atoms with Gasteiger partial charge in [0.1, 0.15) is 47.9 Å². The lowest BCUT2D eigenvalue weighted by Crippen LogP contribution is -2.54. The van der Waals surface area contributed by atoms with E-state index < -0.39 is 52.9 Å². The van der Waals surface area contributed by atoms with Crippen molar-refractivity contribution in [3.63, 3.8) is 0 Å². The lowest BCUT2D eigenvalue weighted by atomic mass is 9.94. The number of rotatable bonds is 16. The van der Waals surface area contributed by atoms with Gasteiger partial charge in [0.25, 0.3) is 11.8 Å². The van der Waals surface area contributed by atoms with E-state index in [0.29, 0.717) is 61.4 Å². The van der Waals surface area contributed by atoms with Crippen LogP contribution in [0.4, 0.5) is 25.1 Å². The first-order chi connectivity index (χ1) is 36.3. The Hall–Kier alpha value is -7.76. The van der Waals surface area contributed by atoms with Gasteiger partial charge in [-0.15, -0.1) is 6.42 Å². The molecule has 6 aliphatic heterocycles. The maximum absolute atomic E-state index is 17.2. The van der Waals surface area contributed by atoms with Crippen LogP contribution in [0.3, 0.4) is 0 Å². The minimum absolute atomic E-state index is 0.0219. The highest BCUT2D eigenvalue weighted by atomic mass is 19.1. The van der Waals surface area contributed by atoms with Gasteiger partial charge in [-0.25, -0.2) is 13.6 Å². The molecular weight excluding hydrogens is 967 g/mol. The van der Waals surface area contributed by atoms with Crippen molar-refractivity contribution >= 4 is 62.9 Å². The number of alkyl carbamates (subject to hydrolysis) is 1. The van der Waals surface area contributed by atoms with Crippen molar-refractivity contribution in [1.29, 1.82) is 0 Å². The highest BCUT2D eigenvalue weighted by Crippen LogP contribution is 2.45. The fraction of sp³-hybridized carbons (Fsp3) is 0.418. The highest BCUT2D eigenvalue weighted by Gasteiger charge is 2.52. The Labute approximate surface area is 430 Å². The van der Waals surface area contributed by atoms with Crippen molar-refractivity contribution < 1.29 is 47.3 Å². The standard InChI is InChI=1S/C55H56F2N10O8/c1-3-36-40(56)14-11-31-21-35(68)22-38(44(31)36)47-46(57)48-39(24-60-47)49(65-26-32-12-13-33(27-65)61-32)64-53(63-48)75-29-55-18-17-34(66(55)25-30(2)23-55)28-74-54(73)59-20-7-5-4-6-19-58-41-10-8-9-37-45(41)52(72)67(51(37)71)42-15-16-43(69)62-50(42)70/h1,8-11,14,21-22,24,32-34,42,58,61,68H,2,4-7,12-13,15-20,23,25-29H2,(H,59,73)(H,62,69,70)/t32?,33?,34-,42?,55-/m0/s1. The molecule has 6 aliphatic rings. The molecule has 388 valence electrons. The molecule has 20 heteroatoms. The van der Waals surface area contributed by atoms with Crippen LogP contribution in [0.1, 0.15) is 96.9 Å². The molecule has 3 aromatic carbocycles. The number of nitrogens with zero attached hydrogens (tertiary/aromatic N) is 6. The van der Waals surface area contributed by atoms with Gasteiger partial charge in [-0.3, -0.25) is 39.3 Å². The number of amides is 5. The number of phenols is 1. The van der Waals surface area contributed by atoms with Crippen molar-refractivity contribution in [2.45, 2.75) is 100 Å². The van der Waals surface area contributed by atoms with Gasteiger partial charge in [-0.1, -0.05) is 43.0 Å². The van der Waals surface area contributed by atoms with Crippen molar-refractivity contribution in [3.05, 3.63) is 89.1 Å². The monoisotopic (exact) mass is 1020 g/mol. The zero-order chi connectivity index (χ0) is 52.1. The largest absolute Gasteiger partial charge is 0.508 e. The van der Waals surface area contributed by atoms with Crippen LogP contribution in [0.15, 0.2) is 60.8 Å². The summed E-state index contributed by atoms with van der Waals surface area (Å²) in [6, 6.07) is 9.72. The van der Waals surface area contributed by atoms with E-state index >= 15 is 8.78 Å². The number of carbonyl (C=O) groups is 5. The summed E-state index contributed by atoms with van der Waals surface area (Å²) < 4.78 is 44.6. The van der Waals surface area contributed by atoms with E-state index in [4.69, 9.17) is 20.9 Å². The van der Waals surface area contributed by atoms with E-state index in [9.17, 15) is 29.1 Å². The Balaban J connectivity index is 0.698. The molecule has 5 fully saturated rings. The predicted molar refractivity (Wildman–Crippen MR) is 273 cm³/mol. The van der Waals surface area contributed by atoms with Crippen LogP contribution in [-0.4, -0.2) is 135 Å². The van der Waals surface area contributed by atoms with Crippen molar-refractivity contribution in [2.24, 2.45) is 0 Å². The summed E-state index contributed by atoms with van der Waals surface area (Å²) in [5.74, 6) is -0.961. The number of imide groups is 2. The number of phenolic OH excluding ortho intramolecular Hbond substituents is 1. The molecule has 5 aromatic rings. The number of pyridine rings is 1. The molecule has 75 heavy (non-hydrogen) atoms. The number of fused-ring (bicyclic) bond motifs is 6. The van der Waals surface area contributed by atoms with Gasteiger partial charge in [-0.2, -0.15) is 9.97 Å². The van der Waals surface area contributed by atoms with Crippen LogP contribution in [0.2, 0.25) is 0 Å². The van der Waals surface area contributed by atoms with E-state index in [1.54, 1.807) is 18.2 Å². The number of unbranched alkanes of at least 4 members (excludes halogenated alkanes) is 3. The van der Waals surface area contributed by atoms with Crippen LogP contribution in [0, 0.1) is 24.0 Å². The fourth-order valence-electron chi connectivity index (χ4n) is 12.1. The Morgan fingerprint density at radius 1 is 0.973 bits per heavy atom. The summed E-state index contributed by atoms with van der Waals surface area (Å²) in [7, 11) is 0. The maximum atomic E-state index is 17.2. The third-order valence-corrected chi connectivity index (χ3v) is 15.6. The number of hydrogen-bond acceptors (Lipinski definition) is 15. The number of terminal acetylenes is 1. The molecule has 5 saturated heterocycles. The fourth-order valence-corrected chi connectivity index (χ4v) is 12.1. The van der Waals surface area contributed by atoms with E-state index in [1.165, 1.54) is 30.5 Å². The Morgan fingerprint density at radius 3 is 2.56 bits per heavy atom. The van der Waals surface area contributed by atoms with Crippen molar-refractivity contribution in [3.8, 4) is 35.4 Å². The molecule has 18 nitrogen and oxygen atoms in total. The summed E-state index contributed by atoms with van der Waals surface area (Å²) in [5, 5.41) is 23.7. The summed E-state index contributed by atoms with van der Waals surface area (Å²) in [6.45, 7) is 7.46. The maximum Gasteiger partial charge on any atom is 0.407 e. The Kier molecular flexibility index (Phi) is 13.3. The van der Waals surface area contributed by atoms with Crippen LogP contribution in [0.25, 0.3) is 32.9 Å². The summed E-state index contributed by atoms with van der Waals surface area (Å²) in [6.07, 6.45) is 14.1. The van der Waals surface area contributed by atoms with Gasteiger partial charge in [0.15, 0.2) is 5.82 Å². The van der Waals surface area contributed by atoms with Crippen LogP contribution >= 0.6 is 0 Å². The second-order valence-electron chi connectivity index (χ2n) is 20.5. The van der Waals surface area contributed by atoms with E-state index in [0.717, 1.165) is 61.8 Å². The predicted octanol–water partition coefficient (Wildman–Crippen LogP) is 6.09. The molecular formula is C55H56F2N10O8. The Bertz CT molecular complexity index is 3250. The molecule has 3 unspecified atom stereocenters. The topological polar surface area (TPSA) is 221 Å². The first-order valence-corrected chi connectivity index (χ1v) is 25.6. The number of carbonyl (C=O) groups excluding carboxylic acids is 5. The summed E-state index contributed by atoms with van der Waals surface area (Å²) in [5.41, 5.74) is 1.29. The van der Waals surface area contributed by atoms with Gasteiger partial charge >= 0.3 is 12.1 Å². The lowest BCUT2D eigenvalue weighted by molar-refractivity contribution is -0.136. The molecule has 2 aromatic heterocycles. The van der Waals surface area contributed by atoms with Gasteiger partial charge in [0.2, 0.25) is 11.8 Å². The van der Waals surface area contributed by atoms with E-state index in [1.807, 2.05) is 0 Å². The number of hydrogen-bond donors (Lipinski definition) is 5. The number of anilines is 2. The molecule has 5 N–H and O–H groups in total. The zero-order valence-corrected chi connectivity index (χ0v) is 41.2. The number of halogens is 2. The summed E-state index contributed by atoms with van der Waals surface area (Å²) in [4.78, 5) is 83.1. The smallest absolute Gasteiger partial charge is 0.407 e. The Morgan fingerprint density at radius 2 is 1.77 bits per heavy atom. The second-order valence-corrected chi connectivity index (χ2v) is 20.5. The molecule has 0 radical (unpaired) electrons. The quantitative estimate of drug-likeness (QED) is 0.0327. The highest BCUT2D eigenvalue weighted by molar-refractivity contribution is 6.25. The molecule has 2 bridgehead atoms. The molecule has 0 spiro atoms. The van der Waals surface area contributed by atoms with Gasteiger partial charge < -0.3 is 35.4 Å². The number of piperazine rings is 1. The SMILES string of the molecule is C#Cc1c(F)ccc2cc(O)cc(-c3ncc4c(N5CC6CCC(C5)N6)nc(OC[C@@]56CC[C@@H](COC(=O)NCCCCCCNc7cccc8c7C(=O)N(C7CCC(=O)NC7=O)C8=O)N5CC(=C)C6)nc4c3F)c12. The number of nitrogens with one attached hydrogen (secondary N) is 4. The van der Waals surface area contributed by atoms with Crippen LogP contribution in [-0.2, 0) is 14.3 Å². The molecule has 5 atom stereocenters. The van der Waals surface area contributed by atoms with Crippen LogP contribution in [0.5, 0.6) is 11.8 Å². The van der Waals surface area contributed by atoms with Gasteiger partial charge in [-0.05, 0) is 87.1 Å². The number of benzene rings is 3. The first-order valence-electron chi connectivity index (χ1n) is 25.6. The average Bonchev–Trinajstić information content (AvgIpc) is 4.13. The third-order valence-electron chi connectivity index (χ3n) is 15.6. The van der Waals surface area contributed by atoms with E-state index in [2.05, 4.69) is 53.5 Å². The molecule has 8 heterocycles. The van der Waals surface area contributed by atoms with Crippen molar-refractivity contribution in [1.82, 2.24) is 40.7 Å². The first kappa shape index (κ1) is 49.5. The normalized spacial score (nSPS) is 23.2. The van der Waals surface area contributed by atoms with Crippen LogP contribution < -0.4 is 30.9 Å². The average molecular weight is 1020 g/mol. The minimum atomic E-state index is -1.04. The van der Waals surface area contributed by atoms with E-state index in [-0.39, 0.29) is 94.8 Å². The zero-order valence-electron chi connectivity index (χ0n) is 41.2. The number of piperidine rings is 1. The molecule has 0 aliphatic carbocycles. The van der Waals surface area contributed by atoms with Gasteiger partial charge in [0, 0.05) is 80.1 Å². The summed E-state index contributed by atoms with van der Waals surface area (Å²) >= 11 is 0. The molecule has 11 rings (SSSR count). The second kappa shape index (κ2) is 20.2. The van der Waals surface area contributed by atoms with Gasteiger partial charge in [0.05, 0.1) is 27.6 Å². The number of ether oxygens (including phenoxy) is 2. The third kappa shape index (κ3) is 9.32. The lowest BCUT2D eigenvalue weighted by Gasteiger charge is -2.35. The van der Waals surface area contributed by atoms with Crippen molar-refractivity contribution in [2.75, 3.05) is 56.2 Å². The minimum Gasteiger partial charge on any atom is -0.508 e.